The van der Waals surface area contributed by atoms with Crippen LogP contribution in [0.1, 0.15) is 79.0 Å². The Kier molecular flexibility index (Phi) is 9.27. The van der Waals surface area contributed by atoms with Crippen molar-refractivity contribution in [3.8, 4) is 56.2 Å². The van der Waals surface area contributed by atoms with Crippen LogP contribution >= 0.6 is 0 Å². The smallest absolute Gasteiger partial charge is 0.147 e. The fraction of sp³-hybridized carbons (Fsp3) is 0.207. The summed E-state index contributed by atoms with van der Waals surface area (Å²) in [5.41, 5.74) is 15.2. The molecule has 1 N–H and O–H groups in total. The van der Waals surface area contributed by atoms with Gasteiger partial charge in [0.25, 0.3) is 0 Å². The van der Waals surface area contributed by atoms with Crippen molar-refractivity contribution in [3.05, 3.63) is 168 Å². The average Bonchev–Trinajstić information content (AvgIpc) is 3.84. The third-order valence-corrected chi connectivity index (χ3v) is 12.6. The minimum Gasteiger partial charge on any atom is -0.507 e. The molecule has 7 aromatic carbocycles. The summed E-state index contributed by atoms with van der Waals surface area (Å²) < 4.78 is 8.91. The molecule has 5 nitrogen and oxygen atoms in total. The standard InChI is InChI=1S/C58H53N3O2/c1-56(2,3)39-24-26-47(45(33-39)35-17-11-10-12-18-35)61-48-22-15-21-44(51-49(62)27-25-43-42-20-13-14-23-50(42)63-54(43)51)53(48)60-55(61)38-29-37(31-40(32-38)57(4,5)6)46-34-41(58(7,8)9)30-36-19-16-28-59-52(36)46/h10-34,62H,1-9H3. The summed E-state index contributed by atoms with van der Waals surface area (Å²) in [5.74, 6) is 0.936. The molecule has 0 amide bonds. The van der Waals surface area contributed by atoms with Crippen LogP contribution in [0, 0.1) is 0 Å². The third-order valence-electron chi connectivity index (χ3n) is 12.6. The second-order valence-corrected chi connectivity index (χ2v) is 20.1. The van der Waals surface area contributed by atoms with Gasteiger partial charge in [-0.05, 0) is 111 Å². The highest BCUT2D eigenvalue weighted by molar-refractivity contribution is 6.13. The van der Waals surface area contributed by atoms with Crippen LogP contribution in [0.3, 0.4) is 0 Å². The quantitative estimate of drug-likeness (QED) is 0.188. The highest BCUT2D eigenvalue weighted by Crippen LogP contribution is 2.46. The lowest BCUT2D eigenvalue weighted by molar-refractivity contribution is 0.477. The van der Waals surface area contributed by atoms with Crippen molar-refractivity contribution in [2.24, 2.45) is 0 Å². The lowest BCUT2D eigenvalue weighted by atomic mass is 9.81. The molecule has 0 fully saturated rings. The first-order valence-corrected chi connectivity index (χ1v) is 22.0. The van der Waals surface area contributed by atoms with Gasteiger partial charge in [0, 0.05) is 44.6 Å². The van der Waals surface area contributed by atoms with Gasteiger partial charge in [0.2, 0.25) is 0 Å². The molecule has 0 aliphatic carbocycles. The lowest BCUT2D eigenvalue weighted by Gasteiger charge is -2.24. The van der Waals surface area contributed by atoms with E-state index in [1.54, 1.807) is 6.07 Å². The third kappa shape index (κ3) is 6.96. The number of fused-ring (bicyclic) bond motifs is 5. The summed E-state index contributed by atoms with van der Waals surface area (Å²) in [7, 11) is 0. The van der Waals surface area contributed by atoms with E-state index in [0.717, 1.165) is 83.2 Å². The van der Waals surface area contributed by atoms with Gasteiger partial charge in [-0.15, -0.1) is 0 Å². The zero-order valence-corrected chi connectivity index (χ0v) is 37.6. The molecule has 3 heterocycles. The molecule has 0 saturated carbocycles. The topological polar surface area (TPSA) is 64.1 Å². The van der Waals surface area contributed by atoms with Crippen molar-refractivity contribution in [2.45, 2.75) is 78.6 Å². The fourth-order valence-electron chi connectivity index (χ4n) is 9.01. The molecule has 0 spiro atoms. The first-order valence-electron chi connectivity index (χ1n) is 22.0. The Bertz CT molecular complexity index is 3400. The number of para-hydroxylation sites is 2. The van der Waals surface area contributed by atoms with Crippen molar-refractivity contribution in [2.75, 3.05) is 0 Å². The van der Waals surface area contributed by atoms with Crippen LogP contribution in [0.15, 0.2) is 156 Å². The Hall–Kier alpha value is -6.98. The molecule has 312 valence electrons. The second kappa shape index (κ2) is 14.6. The zero-order valence-electron chi connectivity index (χ0n) is 37.6. The molecule has 5 heteroatoms. The molecule has 10 rings (SSSR count). The molecule has 0 aliphatic heterocycles. The number of hydrogen-bond acceptors (Lipinski definition) is 4. The van der Waals surface area contributed by atoms with Gasteiger partial charge in [0.1, 0.15) is 22.7 Å². The molecule has 0 atom stereocenters. The van der Waals surface area contributed by atoms with Crippen LogP contribution in [0.2, 0.25) is 0 Å². The predicted molar refractivity (Wildman–Crippen MR) is 263 cm³/mol. The number of furan rings is 1. The highest BCUT2D eigenvalue weighted by Gasteiger charge is 2.27. The number of imidazole rings is 1. The number of aromatic hydroxyl groups is 1. The number of phenolic OH excluding ortho intramolecular Hbond substituents is 1. The predicted octanol–water partition coefficient (Wildman–Crippen LogP) is 15.7. The van der Waals surface area contributed by atoms with Crippen LogP contribution in [-0.4, -0.2) is 19.6 Å². The summed E-state index contributed by atoms with van der Waals surface area (Å²) in [5, 5.41) is 14.9. The molecule has 0 saturated heterocycles. The van der Waals surface area contributed by atoms with E-state index in [0.29, 0.717) is 11.1 Å². The summed E-state index contributed by atoms with van der Waals surface area (Å²) >= 11 is 0. The van der Waals surface area contributed by atoms with Crippen molar-refractivity contribution in [1.82, 2.24) is 14.5 Å². The molecule has 0 radical (unpaired) electrons. The van der Waals surface area contributed by atoms with Crippen molar-refractivity contribution < 1.29 is 9.52 Å². The number of aromatic nitrogens is 3. The van der Waals surface area contributed by atoms with Gasteiger partial charge < -0.3 is 9.52 Å². The number of rotatable bonds is 5. The number of phenols is 1. The van der Waals surface area contributed by atoms with Crippen molar-refractivity contribution >= 4 is 43.9 Å². The first-order chi connectivity index (χ1) is 30.0. The average molecular weight is 824 g/mol. The van der Waals surface area contributed by atoms with Gasteiger partial charge in [0.15, 0.2) is 0 Å². The minimum absolute atomic E-state index is 0.0745. The molecule has 0 bridgehead atoms. The Morgan fingerprint density at radius 2 is 1.21 bits per heavy atom. The summed E-state index contributed by atoms with van der Waals surface area (Å²) in [4.78, 5) is 10.7. The first kappa shape index (κ1) is 40.1. The molecule has 10 aromatic rings. The van der Waals surface area contributed by atoms with Crippen LogP contribution in [-0.2, 0) is 16.2 Å². The zero-order chi connectivity index (χ0) is 44.0. The van der Waals surface area contributed by atoms with Gasteiger partial charge in [-0.3, -0.25) is 9.55 Å². The van der Waals surface area contributed by atoms with Crippen LogP contribution in [0.5, 0.6) is 5.75 Å². The highest BCUT2D eigenvalue weighted by atomic mass is 16.3. The number of nitrogens with zero attached hydrogens (tertiary/aromatic N) is 3. The molecule has 3 aromatic heterocycles. The van der Waals surface area contributed by atoms with E-state index in [-0.39, 0.29) is 22.0 Å². The number of benzene rings is 7. The normalized spacial score (nSPS) is 12.6. The SMILES string of the molecule is CC(C)(C)c1cc(-c2cc(C(C)(C)C)cc3cccnc23)cc(-c2nc3c(-c4c(O)ccc5c4oc4ccccc45)cccc3n2-c2ccc(C(C)(C)C)cc2-c2ccccc2)c1. The van der Waals surface area contributed by atoms with E-state index in [4.69, 9.17) is 14.4 Å². The minimum atomic E-state index is -0.191. The maximum absolute atomic E-state index is 11.8. The molecule has 0 unspecified atom stereocenters. The molecule has 63 heavy (non-hydrogen) atoms. The summed E-state index contributed by atoms with van der Waals surface area (Å²) in [6.45, 7) is 20.4. The van der Waals surface area contributed by atoms with Gasteiger partial charge in [0.05, 0.1) is 27.8 Å². The van der Waals surface area contributed by atoms with Gasteiger partial charge >= 0.3 is 0 Å². The Labute approximate surface area is 369 Å². The van der Waals surface area contributed by atoms with E-state index in [1.807, 2.05) is 36.5 Å². The van der Waals surface area contributed by atoms with Crippen molar-refractivity contribution in [3.63, 3.8) is 0 Å². The number of hydrogen-bond donors (Lipinski definition) is 1. The van der Waals surface area contributed by atoms with Crippen LogP contribution in [0.4, 0.5) is 0 Å². The summed E-state index contributed by atoms with van der Waals surface area (Å²) in [6, 6.07) is 51.3. The summed E-state index contributed by atoms with van der Waals surface area (Å²) in [6.07, 6.45) is 1.89. The van der Waals surface area contributed by atoms with E-state index >= 15 is 0 Å². The van der Waals surface area contributed by atoms with Crippen LogP contribution < -0.4 is 0 Å². The Morgan fingerprint density at radius 1 is 0.508 bits per heavy atom. The van der Waals surface area contributed by atoms with Gasteiger partial charge in [-0.2, -0.15) is 0 Å². The van der Waals surface area contributed by atoms with E-state index in [9.17, 15) is 5.11 Å². The monoisotopic (exact) mass is 823 g/mol. The van der Waals surface area contributed by atoms with E-state index in [2.05, 4.69) is 176 Å². The van der Waals surface area contributed by atoms with Gasteiger partial charge in [-0.25, -0.2) is 4.98 Å². The van der Waals surface area contributed by atoms with E-state index in [1.165, 1.54) is 16.7 Å². The maximum Gasteiger partial charge on any atom is 0.147 e. The number of pyridine rings is 1. The Balaban J connectivity index is 1.33. The Morgan fingerprint density at radius 3 is 1.97 bits per heavy atom. The second-order valence-electron chi connectivity index (χ2n) is 20.1. The van der Waals surface area contributed by atoms with Gasteiger partial charge in [-0.1, -0.05) is 141 Å². The molecular formula is C58H53N3O2. The molecular weight excluding hydrogens is 771 g/mol. The fourth-order valence-corrected chi connectivity index (χ4v) is 9.01. The van der Waals surface area contributed by atoms with E-state index < -0.39 is 0 Å². The van der Waals surface area contributed by atoms with Crippen LogP contribution in [0.25, 0.3) is 94.3 Å². The maximum atomic E-state index is 11.8. The van der Waals surface area contributed by atoms with Crippen molar-refractivity contribution in [1.29, 1.82) is 0 Å². The largest absolute Gasteiger partial charge is 0.507 e. The lowest BCUT2D eigenvalue weighted by Crippen LogP contribution is -2.13. The molecule has 0 aliphatic rings.